The molecule has 0 fully saturated rings. The molecular formula is C16H34O5S-2. The highest BCUT2D eigenvalue weighted by Crippen LogP contribution is 2.17. The number of rotatable bonds is 13. The standard InChI is InChI=1S/C16H34O.H2O4S/c1-3-4-10-13-16(2)14-11-8-6-5-7-9-12-15-17;1-5(2,3)4/h16-17H,3-15H2,1-2H3;(H2,1,2,3,4)/p-2. The molecule has 5 nitrogen and oxygen atoms in total. The van der Waals surface area contributed by atoms with Crippen LogP contribution in [0.1, 0.15) is 90.9 Å². The zero-order valence-corrected chi connectivity index (χ0v) is 15.1. The summed E-state index contributed by atoms with van der Waals surface area (Å²) in [6.45, 7) is 5.06. The summed E-state index contributed by atoms with van der Waals surface area (Å²) in [5.41, 5.74) is 0. The first-order valence-electron chi connectivity index (χ1n) is 8.58. The molecule has 136 valence electrons. The lowest BCUT2D eigenvalue weighted by atomic mass is 9.96. The molecule has 0 rings (SSSR count). The van der Waals surface area contributed by atoms with Crippen molar-refractivity contribution in [2.45, 2.75) is 90.9 Å². The van der Waals surface area contributed by atoms with E-state index in [1.165, 1.54) is 70.6 Å². The third kappa shape index (κ3) is 32.0. The van der Waals surface area contributed by atoms with Crippen molar-refractivity contribution < 1.29 is 22.6 Å². The van der Waals surface area contributed by atoms with Crippen LogP contribution in [-0.2, 0) is 10.4 Å². The second-order valence-electron chi connectivity index (χ2n) is 6.00. The molecule has 0 aromatic rings. The summed E-state index contributed by atoms with van der Waals surface area (Å²) in [5.74, 6) is 0.941. The third-order valence-electron chi connectivity index (χ3n) is 3.66. The predicted octanol–water partition coefficient (Wildman–Crippen LogP) is 3.98. The molecule has 0 heterocycles. The van der Waals surface area contributed by atoms with Crippen LogP contribution in [-0.4, -0.2) is 29.2 Å². The molecule has 6 heteroatoms. The fourth-order valence-electron chi connectivity index (χ4n) is 2.38. The maximum absolute atomic E-state index is 8.66. The smallest absolute Gasteiger partial charge is 0.0431 e. The van der Waals surface area contributed by atoms with Crippen LogP contribution < -0.4 is 0 Å². The van der Waals surface area contributed by atoms with Crippen LogP contribution in [0.4, 0.5) is 0 Å². The van der Waals surface area contributed by atoms with Crippen molar-refractivity contribution >= 4 is 10.4 Å². The van der Waals surface area contributed by atoms with Gasteiger partial charge in [0.05, 0.1) is 0 Å². The Hall–Kier alpha value is -0.170. The van der Waals surface area contributed by atoms with Crippen LogP contribution in [0.25, 0.3) is 0 Å². The van der Waals surface area contributed by atoms with E-state index in [-0.39, 0.29) is 0 Å². The minimum absolute atomic E-state index is 0.370. The van der Waals surface area contributed by atoms with E-state index in [0.29, 0.717) is 6.61 Å². The first-order valence-corrected chi connectivity index (χ1v) is 9.92. The molecule has 0 aliphatic heterocycles. The summed E-state index contributed by atoms with van der Waals surface area (Å²) < 4.78 is 34.1. The molecule has 0 aromatic heterocycles. The number of aliphatic hydroxyl groups is 1. The predicted molar refractivity (Wildman–Crippen MR) is 87.8 cm³/mol. The average molecular weight is 339 g/mol. The first-order chi connectivity index (χ1) is 10.3. The van der Waals surface area contributed by atoms with Crippen molar-refractivity contribution in [2.75, 3.05) is 6.61 Å². The van der Waals surface area contributed by atoms with Gasteiger partial charge < -0.3 is 14.2 Å². The molecule has 0 amide bonds. The largest absolute Gasteiger partial charge is 0.759 e. The van der Waals surface area contributed by atoms with Gasteiger partial charge in [0.25, 0.3) is 0 Å². The highest BCUT2D eigenvalue weighted by Gasteiger charge is 2.01. The minimum atomic E-state index is -5.17. The van der Waals surface area contributed by atoms with Gasteiger partial charge in [-0.3, -0.25) is 8.42 Å². The van der Waals surface area contributed by atoms with Crippen LogP contribution >= 0.6 is 0 Å². The highest BCUT2D eigenvalue weighted by molar-refractivity contribution is 7.79. The molecule has 0 saturated heterocycles. The Bertz CT molecular complexity index is 296. The topological polar surface area (TPSA) is 100 Å². The SMILES string of the molecule is CCCCCC(C)CCCCCCCCCO.O=S(=O)([O-])[O-]. The van der Waals surface area contributed by atoms with E-state index in [1.807, 2.05) is 0 Å². The van der Waals surface area contributed by atoms with Crippen molar-refractivity contribution in [1.82, 2.24) is 0 Å². The summed E-state index contributed by atoms with van der Waals surface area (Å²) in [7, 11) is -5.17. The van der Waals surface area contributed by atoms with Gasteiger partial charge in [-0.1, -0.05) is 84.5 Å². The van der Waals surface area contributed by atoms with Gasteiger partial charge in [-0.15, -0.1) is 0 Å². The molecule has 0 aliphatic rings. The molecule has 0 aromatic carbocycles. The second kappa shape index (κ2) is 17.2. The number of aliphatic hydroxyl groups excluding tert-OH is 1. The maximum Gasteiger partial charge on any atom is 0.0431 e. The minimum Gasteiger partial charge on any atom is -0.759 e. The van der Waals surface area contributed by atoms with Gasteiger partial charge in [0, 0.05) is 17.0 Å². The lowest BCUT2D eigenvalue weighted by molar-refractivity contribution is 0.282. The summed E-state index contributed by atoms with van der Waals surface area (Å²) in [6.07, 6.45) is 16.2. The molecule has 0 saturated carbocycles. The fraction of sp³-hybridized carbons (Fsp3) is 1.00. The molecule has 1 unspecified atom stereocenters. The Labute approximate surface area is 137 Å². The van der Waals surface area contributed by atoms with Crippen LogP contribution in [0.2, 0.25) is 0 Å². The van der Waals surface area contributed by atoms with Gasteiger partial charge >= 0.3 is 0 Å². The van der Waals surface area contributed by atoms with Gasteiger partial charge in [0.2, 0.25) is 0 Å². The summed E-state index contributed by atoms with van der Waals surface area (Å²) in [6, 6.07) is 0. The van der Waals surface area contributed by atoms with Crippen molar-refractivity contribution in [1.29, 1.82) is 0 Å². The average Bonchev–Trinajstić information content (AvgIpc) is 2.40. The number of hydrogen-bond donors (Lipinski definition) is 1. The van der Waals surface area contributed by atoms with E-state index >= 15 is 0 Å². The van der Waals surface area contributed by atoms with E-state index in [1.54, 1.807) is 0 Å². The van der Waals surface area contributed by atoms with Crippen LogP contribution in [0, 0.1) is 5.92 Å². The van der Waals surface area contributed by atoms with Gasteiger partial charge in [0.1, 0.15) is 0 Å². The van der Waals surface area contributed by atoms with E-state index in [4.69, 9.17) is 22.6 Å². The van der Waals surface area contributed by atoms with Crippen molar-refractivity contribution in [3.63, 3.8) is 0 Å². The Morgan fingerprint density at radius 2 is 1.18 bits per heavy atom. The zero-order valence-electron chi connectivity index (χ0n) is 14.3. The lowest BCUT2D eigenvalue weighted by Gasteiger charge is -2.10. The highest BCUT2D eigenvalue weighted by atomic mass is 32.3. The molecule has 0 spiro atoms. The Morgan fingerprint density at radius 3 is 1.59 bits per heavy atom. The monoisotopic (exact) mass is 338 g/mol. The van der Waals surface area contributed by atoms with Crippen molar-refractivity contribution in [3.05, 3.63) is 0 Å². The van der Waals surface area contributed by atoms with Crippen LogP contribution in [0.3, 0.4) is 0 Å². The maximum atomic E-state index is 8.66. The first kappa shape index (κ1) is 24.1. The zero-order chi connectivity index (χ0) is 17.3. The summed E-state index contributed by atoms with van der Waals surface area (Å²) >= 11 is 0. The third-order valence-corrected chi connectivity index (χ3v) is 3.66. The summed E-state index contributed by atoms with van der Waals surface area (Å²) in [4.78, 5) is 0. The molecular weight excluding hydrogens is 304 g/mol. The van der Waals surface area contributed by atoms with E-state index in [2.05, 4.69) is 13.8 Å². The molecule has 0 bridgehead atoms. The normalized spacial score (nSPS) is 12.6. The Kier molecular flexibility index (Phi) is 18.8. The van der Waals surface area contributed by atoms with E-state index in [9.17, 15) is 0 Å². The van der Waals surface area contributed by atoms with Gasteiger partial charge in [-0.05, 0) is 12.3 Å². The number of unbranched alkanes of at least 4 members (excludes halogenated alkanes) is 8. The fourth-order valence-corrected chi connectivity index (χ4v) is 2.38. The molecule has 22 heavy (non-hydrogen) atoms. The van der Waals surface area contributed by atoms with Crippen LogP contribution in [0.15, 0.2) is 0 Å². The second-order valence-corrected chi connectivity index (χ2v) is 6.81. The quantitative estimate of drug-likeness (QED) is 0.311. The Morgan fingerprint density at radius 1 is 0.818 bits per heavy atom. The molecule has 0 radical (unpaired) electrons. The molecule has 0 aliphatic carbocycles. The molecule has 1 atom stereocenters. The lowest BCUT2D eigenvalue weighted by Crippen LogP contribution is -1.94. The van der Waals surface area contributed by atoms with Gasteiger partial charge in [-0.25, -0.2) is 0 Å². The van der Waals surface area contributed by atoms with Gasteiger partial charge in [-0.2, -0.15) is 0 Å². The van der Waals surface area contributed by atoms with Crippen molar-refractivity contribution in [2.24, 2.45) is 5.92 Å². The van der Waals surface area contributed by atoms with Gasteiger partial charge in [0.15, 0.2) is 0 Å². The Balaban J connectivity index is 0. The van der Waals surface area contributed by atoms with Crippen molar-refractivity contribution in [3.8, 4) is 0 Å². The van der Waals surface area contributed by atoms with Crippen LogP contribution in [0.5, 0.6) is 0 Å². The number of hydrogen-bond acceptors (Lipinski definition) is 5. The summed E-state index contributed by atoms with van der Waals surface area (Å²) in [5, 5.41) is 8.66. The molecule has 1 N–H and O–H groups in total. The van der Waals surface area contributed by atoms with E-state index in [0.717, 1.165) is 12.3 Å². The van der Waals surface area contributed by atoms with E-state index < -0.39 is 10.4 Å².